The fourth-order valence-electron chi connectivity index (χ4n) is 1.74. The lowest BCUT2D eigenvalue weighted by Gasteiger charge is -2.18. The van der Waals surface area contributed by atoms with Gasteiger partial charge in [0.15, 0.2) is 0 Å². The Morgan fingerprint density at radius 3 is 2.55 bits per heavy atom. The molecule has 0 bridgehead atoms. The van der Waals surface area contributed by atoms with Crippen LogP contribution in [0.4, 0.5) is 0 Å². The average Bonchev–Trinajstić information content (AvgIpc) is 2.98. The Kier molecular flexibility index (Phi) is 6.48. The standard InChI is InChI=1S/C8H12N2O2S.C5H10O2/c11-6-3-7(9-4-6)8(12)10-1-2-13-5-10;1-5(2,3)7-4-6/h7,9H,1-5H2;4H,1-3H3/t7-;/m0./s1. The van der Waals surface area contributed by atoms with Crippen LogP contribution in [0.25, 0.3) is 0 Å². The Bertz CT molecular complexity index is 362. The van der Waals surface area contributed by atoms with Crippen LogP contribution in [-0.4, -0.2) is 59.4 Å². The van der Waals surface area contributed by atoms with Crippen molar-refractivity contribution >= 4 is 29.9 Å². The second-order valence-corrected chi connectivity index (χ2v) is 6.72. The highest BCUT2D eigenvalue weighted by Crippen LogP contribution is 2.16. The smallest absolute Gasteiger partial charge is 0.293 e. The topological polar surface area (TPSA) is 75.7 Å². The van der Waals surface area contributed by atoms with Crippen molar-refractivity contribution in [1.82, 2.24) is 10.2 Å². The van der Waals surface area contributed by atoms with E-state index >= 15 is 0 Å². The molecule has 0 aromatic rings. The van der Waals surface area contributed by atoms with Crippen molar-refractivity contribution in [2.45, 2.75) is 38.8 Å². The van der Waals surface area contributed by atoms with Gasteiger partial charge in [0.2, 0.25) is 5.91 Å². The molecular weight excluding hydrogens is 280 g/mol. The predicted octanol–water partition coefficient (Wildman–Crippen LogP) is 0.408. The maximum Gasteiger partial charge on any atom is 0.293 e. The summed E-state index contributed by atoms with van der Waals surface area (Å²) in [5, 5.41) is 2.93. The number of carbonyl (C=O) groups is 3. The summed E-state index contributed by atoms with van der Waals surface area (Å²) < 4.78 is 4.55. The van der Waals surface area contributed by atoms with E-state index in [0.29, 0.717) is 19.4 Å². The number of hydrogen-bond acceptors (Lipinski definition) is 6. The van der Waals surface area contributed by atoms with Gasteiger partial charge in [0.05, 0.1) is 18.5 Å². The zero-order valence-electron chi connectivity index (χ0n) is 12.2. The van der Waals surface area contributed by atoms with E-state index in [4.69, 9.17) is 0 Å². The second-order valence-electron chi connectivity index (χ2n) is 5.64. The van der Waals surface area contributed by atoms with Crippen LogP contribution in [0, 0.1) is 0 Å². The number of nitrogens with one attached hydrogen (secondary N) is 1. The lowest BCUT2D eigenvalue weighted by molar-refractivity contribution is -0.138. The molecule has 0 aromatic carbocycles. The summed E-state index contributed by atoms with van der Waals surface area (Å²) in [7, 11) is 0. The Morgan fingerprint density at radius 2 is 2.20 bits per heavy atom. The van der Waals surface area contributed by atoms with E-state index in [1.165, 1.54) is 0 Å². The third-order valence-electron chi connectivity index (χ3n) is 2.74. The van der Waals surface area contributed by atoms with E-state index in [0.717, 1.165) is 18.2 Å². The summed E-state index contributed by atoms with van der Waals surface area (Å²) in [6.07, 6.45) is 0.375. The summed E-state index contributed by atoms with van der Waals surface area (Å²) in [6.45, 7) is 7.11. The van der Waals surface area contributed by atoms with Crippen LogP contribution >= 0.6 is 11.8 Å². The fourth-order valence-corrected chi connectivity index (χ4v) is 2.69. The number of amides is 1. The van der Waals surface area contributed by atoms with Crippen LogP contribution < -0.4 is 5.32 Å². The monoisotopic (exact) mass is 302 g/mol. The van der Waals surface area contributed by atoms with E-state index in [9.17, 15) is 14.4 Å². The van der Waals surface area contributed by atoms with Gasteiger partial charge in [0, 0.05) is 18.7 Å². The highest BCUT2D eigenvalue weighted by atomic mass is 32.2. The number of ether oxygens (including phenoxy) is 1. The molecule has 2 aliphatic rings. The second kappa shape index (κ2) is 7.64. The van der Waals surface area contributed by atoms with E-state index in [2.05, 4.69) is 10.1 Å². The number of thioether (sulfide) groups is 1. The van der Waals surface area contributed by atoms with Crippen LogP contribution in [0.2, 0.25) is 0 Å². The summed E-state index contributed by atoms with van der Waals surface area (Å²) in [5.41, 5.74) is -0.318. The first-order valence-electron chi connectivity index (χ1n) is 6.56. The lowest BCUT2D eigenvalue weighted by atomic mass is 10.2. The summed E-state index contributed by atoms with van der Waals surface area (Å²) >= 11 is 1.76. The quantitative estimate of drug-likeness (QED) is 0.745. The van der Waals surface area contributed by atoms with E-state index in [-0.39, 0.29) is 23.3 Å². The van der Waals surface area contributed by atoms with Gasteiger partial charge >= 0.3 is 0 Å². The first-order chi connectivity index (χ1) is 9.33. The van der Waals surface area contributed by atoms with Crippen LogP contribution in [-0.2, 0) is 19.1 Å². The zero-order chi connectivity index (χ0) is 15.2. The molecule has 114 valence electrons. The molecule has 0 saturated carbocycles. The number of carbonyl (C=O) groups excluding carboxylic acids is 3. The van der Waals surface area contributed by atoms with Crippen molar-refractivity contribution < 1.29 is 19.1 Å². The van der Waals surface area contributed by atoms with Gasteiger partial charge in [-0.15, -0.1) is 11.8 Å². The molecule has 2 aliphatic heterocycles. The maximum absolute atomic E-state index is 11.7. The molecule has 2 rings (SSSR count). The van der Waals surface area contributed by atoms with Crippen molar-refractivity contribution in [2.24, 2.45) is 0 Å². The Hall–Kier alpha value is -1.08. The predicted molar refractivity (Wildman–Crippen MR) is 77.4 cm³/mol. The molecule has 2 saturated heterocycles. The van der Waals surface area contributed by atoms with Gasteiger partial charge in [0.1, 0.15) is 11.4 Å². The van der Waals surface area contributed by atoms with Gasteiger partial charge in [-0.3, -0.25) is 19.7 Å². The first kappa shape index (κ1) is 17.0. The lowest BCUT2D eigenvalue weighted by Crippen LogP contribution is -2.42. The van der Waals surface area contributed by atoms with Gasteiger partial charge in [-0.25, -0.2) is 0 Å². The van der Waals surface area contributed by atoms with Gasteiger partial charge in [-0.05, 0) is 20.8 Å². The molecule has 0 spiro atoms. The van der Waals surface area contributed by atoms with Crippen molar-refractivity contribution in [3.63, 3.8) is 0 Å². The third kappa shape index (κ3) is 5.92. The fraction of sp³-hybridized carbons (Fsp3) is 0.769. The SMILES string of the molecule is CC(C)(C)OC=O.O=C1CN[C@H](C(=O)N2CCSC2)C1. The van der Waals surface area contributed by atoms with Crippen molar-refractivity contribution in [2.75, 3.05) is 24.7 Å². The zero-order valence-corrected chi connectivity index (χ0v) is 13.0. The summed E-state index contributed by atoms with van der Waals surface area (Å²) in [4.78, 5) is 34.0. The molecule has 7 heteroatoms. The highest BCUT2D eigenvalue weighted by Gasteiger charge is 2.32. The number of Topliss-reactive ketones (excluding diaryl/α,β-unsaturated/α-hetero) is 1. The van der Waals surface area contributed by atoms with Gasteiger partial charge in [0.25, 0.3) is 6.47 Å². The molecule has 1 atom stereocenters. The molecule has 0 aromatic heterocycles. The molecule has 1 amide bonds. The molecule has 1 N–H and O–H groups in total. The largest absolute Gasteiger partial charge is 0.462 e. The Morgan fingerprint density at radius 1 is 1.50 bits per heavy atom. The van der Waals surface area contributed by atoms with Gasteiger partial charge in [-0.2, -0.15) is 0 Å². The van der Waals surface area contributed by atoms with Crippen LogP contribution in [0.3, 0.4) is 0 Å². The molecule has 0 unspecified atom stereocenters. The van der Waals surface area contributed by atoms with E-state index < -0.39 is 0 Å². The third-order valence-corrected chi connectivity index (χ3v) is 3.71. The minimum absolute atomic E-state index is 0.0934. The molecule has 6 nitrogen and oxygen atoms in total. The summed E-state index contributed by atoms with van der Waals surface area (Å²) in [5.74, 6) is 2.04. The molecular formula is C13H22N2O4S. The van der Waals surface area contributed by atoms with Crippen LogP contribution in [0.5, 0.6) is 0 Å². The first-order valence-corrected chi connectivity index (χ1v) is 7.72. The normalized spacial score (nSPS) is 22.2. The van der Waals surface area contributed by atoms with Gasteiger partial charge in [-0.1, -0.05) is 0 Å². The number of hydrogen-bond donors (Lipinski definition) is 1. The average molecular weight is 302 g/mol. The van der Waals surface area contributed by atoms with Gasteiger partial charge < -0.3 is 9.64 Å². The van der Waals surface area contributed by atoms with Crippen molar-refractivity contribution in [1.29, 1.82) is 0 Å². The van der Waals surface area contributed by atoms with Crippen LogP contribution in [0.1, 0.15) is 27.2 Å². The van der Waals surface area contributed by atoms with Crippen LogP contribution in [0.15, 0.2) is 0 Å². The Labute approximate surface area is 123 Å². The molecule has 2 heterocycles. The molecule has 2 fully saturated rings. The van der Waals surface area contributed by atoms with E-state index in [1.807, 2.05) is 25.7 Å². The van der Waals surface area contributed by atoms with Crippen molar-refractivity contribution in [3.05, 3.63) is 0 Å². The molecule has 0 radical (unpaired) electrons. The van der Waals surface area contributed by atoms with Crippen molar-refractivity contribution in [3.8, 4) is 0 Å². The number of rotatable bonds is 2. The number of nitrogens with zero attached hydrogens (tertiary/aromatic N) is 1. The number of ketones is 1. The molecule has 0 aliphatic carbocycles. The maximum atomic E-state index is 11.7. The minimum atomic E-state index is -0.318. The molecule has 20 heavy (non-hydrogen) atoms. The minimum Gasteiger partial charge on any atom is -0.462 e. The van der Waals surface area contributed by atoms with E-state index in [1.54, 1.807) is 11.8 Å². The Balaban J connectivity index is 0.000000246. The summed E-state index contributed by atoms with van der Waals surface area (Å²) in [6, 6.07) is -0.244. The highest BCUT2D eigenvalue weighted by molar-refractivity contribution is 7.99.